The summed E-state index contributed by atoms with van der Waals surface area (Å²) in [7, 11) is 0. The van der Waals surface area contributed by atoms with E-state index in [1.54, 1.807) is 0 Å². The van der Waals surface area contributed by atoms with Crippen molar-refractivity contribution in [2.75, 3.05) is 0 Å². The van der Waals surface area contributed by atoms with Crippen LogP contribution in [0.5, 0.6) is 0 Å². The Kier molecular flexibility index (Phi) is 7.63. The number of aliphatic carboxylic acids is 1. The van der Waals surface area contributed by atoms with Crippen molar-refractivity contribution in [1.29, 1.82) is 0 Å². The molecule has 6 heteroatoms. The van der Waals surface area contributed by atoms with Gasteiger partial charge < -0.3 is 20.1 Å². The van der Waals surface area contributed by atoms with E-state index in [9.17, 15) is 24.9 Å². The highest BCUT2D eigenvalue weighted by Crippen LogP contribution is 2.74. The van der Waals surface area contributed by atoms with Crippen LogP contribution in [-0.4, -0.2) is 45.6 Å². The molecule has 10 atom stereocenters. The zero-order valence-electron chi connectivity index (χ0n) is 24.7. The molecule has 39 heavy (non-hydrogen) atoms. The first-order valence-corrected chi connectivity index (χ1v) is 15.5. The summed E-state index contributed by atoms with van der Waals surface area (Å²) < 4.78 is 5.92. The lowest BCUT2D eigenvalue weighted by Gasteiger charge is -2.69. The molecule has 0 aromatic heterocycles. The predicted octanol–water partition coefficient (Wildman–Crippen LogP) is 6.20. The normalized spacial score (nSPS) is 46.6. The van der Waals surface area contributed by atoms with Crippen LogP contribution in [0.2, 0.25) is 0 Å². The Hall–Kier alpha value is -1.66. The number of esters is 1. The van der Waals surface area contributed by atoms with Crippen LogP contribution in [0.15, 0.2) is 22.8 Å². The van der Waals surface area contributed by atoms with Gasteiger partial charge in [-0.3, -0.25) is 4.79 Å². The maximum atomic E-state index is 12.8. The second-order valence-corrected chi connectivity index (χ2v) is 14.4. The van der Waals surface area contributed by atoms with Crippen molar-refractivity contribution in [2.45, 2.75) is 130 Å². The number of fused-ring (bicyclic) bond motifs is 5. The first-order valence-electron chi connectivity index (χ1n) is 15.5. The third-order valence-corrected chi connectivity index (χ3v) is 12.7. The number of aliphatic hydroxyl groups is 2. The van der Waals surface area contributed by atoms with E-state index in [0.29, 0.717) is 37.2 Å². The molecule has 0 saturated heterocycles. The van der Waals surface area contributed by atoms with Gasteiger partial charge in [0.05, 0.1) is 12.2 Å². The highest BCUT2D eigenvalue weighted by atomic mass is 16.5. The molecule has 0 spiro atoms. The average molecular weight is 543 g/mol. The standard InChI is InChI=1S/C33H50O6/c1-19-23-13-16-32(4)29(31(23,3)15-14-25(19)35)26(36)17-24-28(27(39-20(2)34)18-33(24,32)5)22(30(37)38)12-8-11-21-9-6-7-10-21/h11,19,23-27,29,35-36H,6-10,12-18H2,1-5H3,(H,37,38)/b28-22-/t19-,23-,24-,25+,26+,27-,29-,31-,32-,33-/m0/s1. The lowest BCUT2D eigenvalue weighted by atomic mass is 9.36. The first-order chi connectivity index (χ1) is 18.3. The molecule has 5 rings (SSSR count). The molecule has 5 fully saturated rings. The van der Waals surface area contributed by atoms with E-state index >= 15 is 0 Å². The van der Waals surface area contributed by atoms with Crippen LogP contribution in [0, 0.1) is 39.9 Å². The third kappa shape index (κ3) is 4.52. The van der Waals surface area contributed by atoms with Gasteiger partial charge in [-0.15, -0.1) is 0 Å². The molecular formula is C33H50O6. The molecule has 5 saturated carbocycles. The Morgan fingerprint density at radius 1 is 1.03 bits per heavy atom. The number of hydrogen-bond acceptors (Lipinski definition) is 5. The van der Waals surface area contributed by atoms with Gasteiger partial charge in [0.1, 0.15) is 6.10 Å². The number of hydrogen-bond donors (Lipinski definition) is 3. The Labute approximate surface area is 234 Å². The van der Waals surface area contributed by atoms with Crippen LogP contribution in [-0.2, 0) is 14.3 Å². The van der Waals surface area contributed by atoms with Crippen LogP contribution in [0.3, 0.4) is 0 Å². The average Bonchev–Trinajstić information content (AvgIpc) is 3.46. The van der Waals surface area contributed by atoms with Crippen LogP contribution in [0.1, 0.15) is 112 Å². The molecule has 5 aliphatic rings. The summed E-state index contributed by atoms with van der Waals surface area (Å²) in [5, 5.41) is 33.1. The molecule has 218 valence electrons. The maximum absolute atomic E-state index is 12.8. The molecule has 0 heterocycles. The molecule has 5 aliphatic carbocycles. The van der Waals surface area contributed by atoms with Gasteiger partial charge in [-0.2, -0.15) is 0 Å². The van der Waals surface area contributed by atoms with Crippen molar-refractivity contribution in [3.8, 4) is 0 Å². The van der Waals surface area contributed by atoms with Crippen molar-refractivity contribution in [3.05, 3.63) is 22.8 Å². The second-order valence-electron chi connectivity index (χ2n) is 14.4. The van der Waals surface area contributed by atoms with E-state index in [4.69, 9.17) is 4.74 Å². The van der Waals surface area contributed by atoms with Gasteiger partial charge in [0.15, 0.2) is 0 Å². The molecule has 0 radical (unpaired) electrons. The summed E-state index contributed by atoms with van der Waals surface area (Å²) in [5.74, 6) is -0.846. The zero-order valence-corrected chi connectivity index (χ0v) is 24.7. The molecule has 0 aliphatic heterocycles. The minimum atomic E-state index is -0.927. The first kappa shape index (κ1) is 28.9. The van der Waals surface area contributed by atoms with E-state index in [0.717, 1.165) is 44.1 Å². The van der Waals surface area contributed by atoms with Crippen molar-refractivity contribution >= 4 is 11.9 Å². The van der Waals surface area contributed by atoms with Crippen molar-refractivity contribution in [3.63, 3.8) is 0 Å². The summed E-state index contributed by atoms with van der Waals surface area (Å²) >= 11 is 0. The molecule has 0 bridgehead atoms. The summed E-state index contributed by atoms with van der Waals surface area (Å²) in [6.45, 7) is 10.5. The van der Waals surface area contributed by atoms with Gasteiger partial charge >= 0.3 is 11.9 Å². The highest BCUT2D eigenvalue weighted by Gasteiger charge is 2.70. The number of ether oxygens (including phenoxy) is 1. The Morgan fingerprint density at radius 3 is 2.36 bits per heavy atom. The van der Waals surface area contributed by atoms with Gasteiger partial charge in [0.25, 0.3) is 0 Å². The summed E-state index contributed by atoms with van der Waals surface area (Å²) in [6.07, 6.45) is 11.2. The molecular weight excluding hydrogens is 492 g/mol. The van der Waals surface area contributed by atoms with Crippen molar-refractivity contribution in [2.24, 2.45) is 39.9 Å². The number of carboxylic acids is 1. The Balaban J connectivity index is 1.56. The number of aliphatic hydroxyl groups excluding tert-OH is 2. The monoisotopic (exact) mass is 542 g/mol. The smallest absolute Gasteiger partial charge is 0.331 e. The Bertz CT molecular complexity index is 1050. The fraction of sp³-hybridized carbons (Fsp3) is 0.818. The fourth-order valence-electron chi connectivity index (χ4n) is 10.7. The third-order valence-electron chi connectivity index (χ3n) is 12.7. The highest BCUT2D eigenvalue weighted by molar-refractivity contribution is 5.88. The van der Waals surface area contributed by atoms with Crippen molar-refractivity contribution < 1.29 is 29.6 Å². The lowest BCUT2D eigenvalue weighted by Crippen LogP contribution is -2.65. The van der Waals surface area contributed by atoms with E-state index < -0.39 is 18.2 Å². The van der Waals surface area contributed by atoms with E-state index in [-0.39, 0.29) is 46.1 Å². The van der Waals surface area contributed by atoms with Gasteiger partial charge in [-0.25, -0.2) is 4.79 Å². The molecule has 0 aromatic carbocycles. The quantitative estimate of drug-likeness (QED) is 0.217. The number of carboxylic acid groups (broad SMARTS) is 1. The fourth-order valence-corrected chi connectivity index (χ4v) is 10.7. The van der Waals surface area contributed by atoms with E-state index in [1.165, 1.54) is 25.3 Å². The second kappa shape index (κ2) is 10.3. The largest absolute Gasteiger partial charge is 0.478 e. The van der Waals surface area contributed by atoms with Gasteiger partial charge in [0.2, 0.25) is 0 Å². The van der Waals surface area contributed by atoms with Gasteiger partial charge in [-0.1, -0.05) is 39.3 Å². The van der Waals surface area contributed by atoms with Crippen LogP contribution < -0.4 is 0 Å². The van der Waals surface area contributed by atoms with Crippen LogP contribution in [0.4, 0.5) is 0 Å². The molecule has 0 aromatic rings. The molecule has 6 nitrogen and oxygen atoms in total. The number of carbonyl (C=O) groups excluding carboxylic acids is 1. The minimum Gasteiger partial charge on any atom is -0.478 e. The summed E-state index contributed by atoms with van der Waals surface area (Å²) in [4.78, 5) is 25.1. The Morgan fingerprint density at radius 2 is 1.72 bits per heavy atom. The molecule has 3 N–H and O–H groups in total. The number of rotatable bonds is 5. The predicted molar refractivity (Wildman–Crippen MR) is 150 cm³/mol. The van der Waals surface area contributed by atoms with Crippen LogP contribution >= 0.6 is 0 Å². The van der Waals surface area contributed by atoms with Gasteiger partial charge in [-0.05, 0) is 123 Å². The van der Waals surface area contributed by atoms with E-state index in [1.807, 2.05) is 0 Å². The lowest BCUT2D eigenvalue weighted by molar-refractivity contribution is -0.234. The molecule has 0 unspecified atom stereocenters. The number of allylic oxidation sites excluding steroid dienone is 2. The summed E-state index contributed by atoms with van der Waals surface area (Å²) in [6, 6.07) is 0. The van der Waals surface area contributed by atoms with Crippen molar-refractivity contribution in [1.82, 2.24) is 0 Å². The van der Waals surface area contributed by atoms with Crippen LogP contribution in [0.25, 0.3) is 0 Å². The minimum absolute atomic E-state index is 0.0534. The van der Waals surface area contributed by atoms with E-state index in [2.05, 4.69) is 33.8 Å². The summed E-state index contributed by atoms with van der Waals surface area (Å²) in [5.41, 5.74) is 1.93. The SMILES string of the molecule is CC(=O)O[C@H]1C[C@@]2(C)[C@@H](C[C@@H](O)[C@H]3[C@@]4(C)CC[C@@H](O)[C@@H](C)[C@@H]4CC[C@@]32C)/C1=C(\CCC=C1CCCC1)C(=O)O. The van der Waals surface area contributed by atoms with Gasteiger partial charge in [0, 0.05) is 12.5 Å². The topological polar surface area (TPSA) is 104 Å². The molecule has 0 amide bonds. The number of carbonyl (C=O) groups is 2. The maximum Gasteiger partial charge on any atom is 0.331 e. The zero-order chi connectivity index (χ0) is 28.3.